The maximum absolute atomic E-state index is 12.8. The van der Waals surface area contributed by atoms with Crippen molar-refractivity contribution in [3.8, 4) is 0 Å². The van der Waals surface area contributed by atoms with Crippen LogP contribution in [0.1, 0.15) is 79.1 Å². The largest absolute Gasteiger partial charge is 0.466 e. The summed E-state index contributed by atoms with van der Waals surface area (Å²) in [6.07, 6.45) is 3.03. The van der Waals surface area contributed by atoms with Crippen molar-refractivity contribution in [3.63, 3.8) is 0 Å². The molecule has 0 bridgehead atoms. The molecule has 0 amide bonds. The van der Waals surface area contributed by atoms with Gasteiger partial charge in [0.15, 0.2) is 5.41 Å². The molecule has 0 aliphatic heterocycles. The van der Waals surface area contributed by atoms with Crippen molar-refractivity contribution in [1.29, 1.82) is 0 Å². The third kappa shape index (κ3) is 10.3. The molecule has 168 valence electrons. The van der Waals surface area contributed by atoms with Crippen LogP contribution in [0.15, 0.2) is 0 Å². The van der Waals surface area contributed by atoms with Crippen LogP contribution in [0, 0.1) is 5.41 Å². The van der Waals surface area contributed by atoms with E-state index in [0.717, 1.165) is 19.3 Å². The number of hydrogen-bond donors (Lipinski definition) is 0. The lowest BCUT2D eigenvalue weighted by molar-refractivity contribution is -0.181. The van der Waals surface area contributed by atoms with Crippen molar-refractivity contribution in [2.45, 2.75) is 79.1 Å². The van der Waals surface area contributed by atoms with E-state index in [4.69, 9.17) is 18.9 Å². The van der Waals surface area contributed by atoms with Gasteiger partial charge in [-0.2, -0.15) is 0 Å². The van der Waals surface area contributed by atoms with E-state index in [0.29, 0.717) is 19.3 Å². The van der Waals surface area contributed by atoms with Gasteiger partial charge in [0.05, 0.1) is 39.3 Å². The van der Waals surface area contributed by atoms with E-state index in [1.54, 1.807) is 6.92 Å². The predicted octanol–water partition coefficient (Wildman–Crippen LogP) is 3.35. The van der Waals surface area contributed by atoms with Crippen LogP contribution >= 0.6 is 0 Å². The fourth-order valence-electron chi connectivity index (χ4n) is 2.41. The smallest absolute Gasteiger partial charge is 0.324 e. The van der Waals surface area contributed by atoms with E-state index in [-0.39, 0.29) is 26.4 Å². The molecule has 0 aromatic carbocycles. The molecular weight excluding hydrogens is 380 g/mol. The fourth-order valence-corrected chi connectivity index (χ4v) is 2.41. The molecule has 8 heteroatoms. The summed E-state index contributed by atoms with van der Waals surface area (Å²) in [7, 11) is 0. The quantitative estimate of drug-likeness (QED) is 0.163. The zero-order valence-electron chi connectivity index (χ0n) is 18.3. The average molecular weight is 417 g/mol. The van der Waals surface area contributed by atoms with Gasteiger partial charge >= 0.3 is 23.9 Å². The topological polar surface area (TPSA) is 105 Å². The number of esters is 4. The Hall–Kier alpha value is -2.12. The fraction of sp³-hybridized carbons (Fsp3) is 0.810. The third-order valence-corrected chi connectivity index (χ3v) is 4.20. The molecule has 0 saturated heterocycles. The van der Waals surface area contributed by atoms with E-state index in [1.165, 1.54) is 0 Å². The summed E-state index contributed by atoms with van der Waals surface area (Å²) in [5, 5.41) is 0. The first-order valence-electron chi connectivity index (χ1n) is 10.5. The second-order valence-electron chi connectivity index (χ2n) is 6.79. The van der Waals surface area contributed by atoms with Gasteiger partial charge in [0.2, 0.25) is 0 Å². The summed E-state index contributed by atoms with van der Waals surface area (Å²) in [6, 6.07) is 0. The Morgan fingerprint density at radius 3 is 1.34 bits per heavy atom. The zero-order valence-corrected chi connectivity index (χ0v) is 18.3. The second kappa shape index (κ2) is 15.8. The van der Waals surface area contributed by atoms with Crippen molar-refractivity contribution in [1.82, 2.24) is 0 Å². The number of rotatable bonds is 16. The summed E-state index contributed by atoms with van der Waals surface area (Å²) < 4.78 is 20.5. The molecule has 0 aliphatic rings. The minimum Gasteiger partial charge on any atom is -0.466 e. The maximum Gasteiger partial charge on any atom is 0.324 e. The third-order valence-electron chi connectivity index (χ3n) is 4.20. The first-order valence-corrected chi connectivity index (χ1v) is 10.5. The summed E-state index contributed by atoms with van der Waals surface area (Å²) in [6.45, 7) is 7.76. The molecule has 0 rings (SSSR count). The first kappa shape index (κ1) is 26.9. The number of ether oxygens (including phenoxy) is 4. The van der Waals surface area contributed by atoms with Gasteiger partial charge in [-0.1, -0.05) is 40.0 Å². The monoisotopic (exact) mass is 416 g/mol. The highest BCUT2D eigenvalue weighted by Crippen LogP contribution is 2.32. The molecule has 0 radical (unpaired) electrons. The van der Waals surface area contributed by atoms with Crippen LogP contribution in [0.3, 0.4) is 0 Å². The van der Waals surface area contributed by atoms with Crippen LogP contribution in [0.25, 0.3) is 0 Å². The highest BCUT2D eigenvalue weighted by Gasteiger charge is 2.53. The van der Waals surface area contributed by atoms with Crippen molar-refractivity contribution >= 4 is 23.9 Å². The molecule has 0 aromatic heterocycles. The summed E-state index contributed by atoms with van der Waals surface area (Å²) in [5.41, 5.74) is -2.11. The van der Waals surface area contributed by atoms with Crippen LogP contribution in [0.4, 0.5) is 0 Å². The molecular formula is C21H36O8. The number of carbonyl (C=O) groups excluding carboxylic acids is 4. The number of carbonyl (C=O) groups is 4. The van der Waals surface area contributed by atoms with Crippen LogP contribution in [-0.4, -0.2) is 50.3 Å². The van der Waals surface area contributed by atoms with Gasteiger partial charge in [-0.05, 0) is 26.2 Å². The van der Waals surface area contributed by atoms with E-state index in [2.05, 4.69) is 0 Å². The molecule has 0 aromatic rings. The summed E-state index contributed by atoms with van der Waals surface area (Å²) >= 11 is 0. The van der Waals surface area contributed by atoms with E-state index >= 15 is 0 Å². The van der Waals surface area contributed by atoms with Crippen LogP contribution in [0.2, 0.25) is 0 Å². The Morgan fingerprint density at radius 1 is 0.586 bits per heavy atom. The van der Waals surface area contributed by atoms with Crippen LogP contribution < -0.4 is 0 Å². The highest BCUT2D eigenvalue weighted by molar-refractivity contribution is 6.05. The molecule has 29 heavy (non-hydrogen) atoms. The first-order chi connectivity index (χ1) is 13.9. The zero-order chi connectivity index (χ0) is 22.1. The molecule has 0 fully saturated rings. The van der Waals surface area contributed by atoms with Gasteiger partial charge in [-0.15, -0.1) is 0 Å². The summed E-state index contributed by atoms with van der Waals surface area (Å²) in [4.78, 5) is 50.2. The molecule has 0 saturated carbocycles. The lowest BCUT2D eigenvalue weighted by atomic mass is 9.80. The van der Waals surface area contributed by atoms with E-state index in [9.17, 15) is 19.2 Å². The Labute approximate surface area is 173 Å². The molecule has 0 unspecified atom stereocenters. The molecule has 0 N–H and O–H groups in total. The van der Waals surface area contributed by atoms with Crippen molar-refractivity contribution in [2.24, 2.45) is 5.41 Å². The minimum absolute atomic E-state index is 0.0153. The van der Waals surface area contributed by atoms with Crippen LogP contribution in [-0.2, 0) is 38.1 Å². The Kier molecular flexibility index (Phi) is 14.6. The normalized spacial score (nSPS) is 10.9. The van der Waals surface area contributed by atoms with Crippen LogP contribution in [0.5, 0.6) is 0 Å². The molecule has 0 aliphatic carbocycles. The Morgan fingerprint density at radius 2 is 0.966 bits per heavy atom. The Balaban J connectivity index is 5.60. The maximum atomic E-state index is 12.8. The standard InChI is InChI=1S/C21H36O8/c1-5-9-12-27-17(22)15-21(19(24)26-8-4,20(25)29-14-11-7-3)16-18(23)28-13-10-6-2/h5-16H2,1-4H3. The van der Waals surface area contributed by atoms with Crippen molar-refractivity contribution in [2.75, 3.05) is 26.4 Å². The molecule has 8 nitrogen and oxygen atoms in total. The average Bonchev–Trinajstić information content (AvgIpc) is 2.68. The molecule has 0 heterocycles. The van der Waals surface area contributed by atoms with Gasteiger partial charge < -0.3 is 18.9 Å². The molecule has 0 spiro atoms. The van der Waals surface area contributed by atoms with E-state index < -0.39 is 42.1 Å². The van der Waals surface area contributed by atoms with Gasteiger partial charge in [0.1, 0.15) is 0 Å². The summed E-state index contributed by atoms with van der Waals surface area (Å²) in [5.74, 6) is -3.48. The predicted molar refractivity (Wildman–Crippen MR) is 106 cm³/mol. The molecule has 0 atom stereocenters. The second-order valence-corrected chi connectivity index (χ2v) is 6.79. The lowest BCUT2D eigenvalue weighted by Gasteiger charge is -2.27. The minimum atomic E-state index is -2.11. The van der Waals surface area contributed by atoms with Gasteiger partial charge in [-0.3, -0.25) is 19.2 Å². The van der Waals surface area contributed by atoms with Gasteiger partial charge in [-0.25, -0.2) is 0 Å². The van der Waals surface area contributed by atoms with Crippen molar-refractivity contribution < 1.29 is 38.1 Å². The Bertz CT molecular complexity index is 491. The number of hydrogen-bond acceptors (Lipinski definition) is 8. The highest BCUT2D eigenvalue weighted by atomic mass is 16.6. The SMILES string of the molecule is CCCCOC(=O)CC(CC(=O)OCCCC)(C(=O)OCC)C(=O)OCCCC. The van der Waals surface area contributed by atoms with Crippen molar-refractivity contribution in [3.05, 3.63) is 0 Å². The lowest BCUT2D eigenvalue weighted by Crippen LogP contribution is -2.46. The van der Waals surface area contributed by atoms with Gasteiger partial charge in [0, 0.05) is 0 Å². The number of unbranched alkanes of at least 4 members (excludes halogenated alkanes) is 3. The van der Waals surface area contributed by atoms with E-state index in [1.807, 2.05) is 20.8 Å². The van der Waals surface area contributed by atoms with Gasteiger partial charge in [0.25, 0.3) is 0 Å².